The Morgan fingerprint density at radius 2 is 2.25 bits per heavy atom. The van der Waals surface area contributed by atoms with Gasteiger partial charge >= 0.3 is 0 Å². The SMILES string of the molecule is Cc1cc(S(=O)(=O)NCC2(O)CCOC2)cc(N)c1Cl. The van der Waals surface area contributed by atoms with Crippen LogP contribution in [0.2, 0.25) is 5.02 Å². The van der Waals surface area contributed by atoms with Gasteiger partial charge < -0.3 is 15.6 Å². The minimum atomic E-state index is -3.75. The van der Waals surface area contributed by atoms with Crippen molar-refractivity contribution in [3.05, 3.63) is 22.7 Å². The number of rotatable bonds is 4. The molecule has 4 N–H and O–H groups in total. The van der Waals surface area contributed by atoms with E-state index >= 15 is 0 Å². The first-order chi connectivity index (χ1) is 9.23. The first-order valence-corrected chi connectivity index (χ1v) is 7.95. The number of nitrogens with two attached hydrogens (primary N) is 1. The van der Waals surface area contributed by atoms with E-state index in [1.165, 1.54) is 12.1 Å². The van der Waals surface area contributed by atoms with Crippen LogP contribution in [0, 0.1) is 6.92 Å². The lowest BCUT2D eigenvalue weighted by atomic mass is 10.1. The molecule has 0 aliphatic carbocycles. The molecule has 1 aliphatic heterocycles. The van der Waals surface area contributed by atoms with Gasteiger partial charge in [0, 0.05) is 19.6 Å². The van der Waals surface area contributed by atoms with Crippen LogP contribution in [0.4, 0.5) is 5.69 Å². The molecule has 1 heterocycles. The number of aryl methyl sites for hydroxylation is 1. The van der Waals surface area contributed by atoms with Crippen molar-refractivity contribution in [3.63, 3.8) is 0 Å². The summed E-state index contributed by atoms with van der Waals surface area (Å²) in [5.41, 5.74) is 5.30. The molecule has 1 fully saturated rings. The monoisotopic (exact) mass is 320 g/mol. The van der Waals surface area contributed by atoms with Gasteiger partial charge in [-0.05, 0) is 24.6 Å². The standard InChI is InChI=1S/C12H17ClN2O4S/c1-8-4-9(5-10(14)11(8)13)20(17,18)15-6-12(16)2-3-19-7-12/h4-5,15-16H,2-3,6-7,14H2,1H3. The van der Waals surface area contributed by atoms with Gasteiger partial charge in [-0.2, -0.15) is 0 Å². The Bertz CT molecular complexity index is 589. The van der Waals surface area contributed by atoms with Gasteiger partial charge in [0.15, 0.2) is 0 Å². The fraction of sp³-hybridized carbons (Fsp3) is 0.500. The van der Waals surface area contributed by atoms with Crippen LogP contribution in [0.5, 0.6) is 0 Å². The minimum absolute atomic E-state index is 0.0272. The Morgan fingerprint density at radius 1 is 1.55 bits per heavy atom. The molecule has 1 aromatic carbocycles. The smallest absolute Gasteiger partial charge is 0.240 e. The Kier molecular flexibility index (Phi) is 4.27. The zero-order valence-corrected chi connectivity index (χ0v) is 12.6. The van der Waals surface area contributed by atoms with Crippen LogP contribution >= 0.6 is 11.6 Å². The molecule has 1 unspecified atom stereocenters. The van der Waals surface area contributed by atoms with E-state index in [0.717, 1.165) is 0 Å². The Balaban J connectivity index is 2.18. The van der Waals surface area contributed by atoms with E-state index in [-0.39, 0.29) is 23.7 Å². The third kappa shape index (κ3) is 3.24. The summed E-state index contributed by atoms with van der Waals surface area (Å²) in [5, 5.41) is 10.4. The lowest BCUT2D eigenvalue weighted by Gasteiger charge is -2.20. The van der Waals surface area contributed by atoms with Gasteiger partial charge in [0.2, 0.25) is 10.0 Å². The van der Waals surface area contributed by atoms with Crippen LogP contribution in [0.15, 0.2) is 17.0 Å². The summed E-state index contributed by atoms with van der Waals surface area (Å²) in [6.07, 6.45) is 0.400. The quantitative estimate of drug-likeness (QED) is 0.707. The summed E-state index contributed by atoms with van der Waals surface area (Å²) in [4.78, 5) is 0.0272. The van der Waals surface area contributed by atoms with Crippen molar-refractivity contribution < 1.29 is 18.3 Å². The van der Waals surface area contributed by atoms with E-state index in [0.29, 0.717) is 23.6 Å². The summed E-state index contributed by atoms with van der Waals surface area (Å²) >= 11 is 5.91. The van der Waals surface area contributed by atoms with Crippen LogP contribution in [0.3, 0.4) is 0 Å². The van der Waals surface area contributed by atoms with Crippen molar-refractivity contribution in [2.45, 2.75) is 23.8 Å². The number of hydrogen-bond acceptors (Lipinski definition) is 5. The Labute approximate surface area is 122 Å². The van der Waals surface area contributed by atoms with Crippen molar-refractivity contribution in [3.8, 4) is 0 Å². The molecule has 0 bridgehead atoms. The lowest BCUT2D eigenvalue weighted by Crippen LogP contribution is -2.43. The van der Waals surface area contributed by atoms with E-state index < -0.39 is 15.6 Å². The molecule has 1 atom stereocenters. The zero-order valence-electron chi connectivity index (χ0n) is 11.0. The highest BCUT2D eigenvalue weighted by molar-refractivity contribution is 7.89. The third-order valence-corrected chi connectivity index (χ3v) is 5.14. The molecule has 0 aromatic heterocycles. The molecular weight excluding hydrogens is 304 g/mol. The maximum atomic E-state index is 12.2. The average molecular weight is 321 g/mol. The van der Waals surface area contributed by atoms with Crippen LogP contribution < -0.4 is 10.5 Å². The average Bonchev–Trinajstić information content (AvgIpc) is 2.81. The van der Waals surface area contributed by atoms with Gasteiger partial charge in [-0.25, -0.2) is 13.1 Å². The van der Waals surface area contributed by atoms with E-state index in [4.69, 9.17) is 22.1 Å². The number of halogens is 1. The zero-order chi connectivity index (χ0) is 15.0. The number of anilines is 1. The molecule has 20 heavy (non-hydrogen) atoms. The summed E-state index contributed by atoms with van der Waals surface area (Å²) < 4.78 is 31.8. The van der Waals surface area contributed by atoms with E-state index in [1.807, 2.05) is 0 Å². The predicted molar refractivity (Wildman–Crippen MR) is 76.2 cm³/mol. The van der Waals surface area contributed by atoms with Crippen LogP contribution in [0.1, 0.15) is 12.0 Å². The Morgan fingerprint density at radius 3 is 2.80 bits per heavy atom. The minimum Gasteiger partial charge on any atom is -0.397 e. The van der Waals surface area contributed by atoms with Crippen molar-refractivity contribution >= 4 is 27.3 Å². The van der Waals surface area contributed by atoms with Gasteiger partial charge in [0.05, 0.1) is 22.2 Å². The number of nitrogen functional groups attached to an aromatic ring is 1. The number of sulfonamides is 1. The summed E-state index contributed by atoms with van der Waals surface area (Å²) in [6, 6.07) is 2.74. The van der Waals surface area contributed by atoms with Gasteiger partial charge in [-0.15, -0.1) is 0 Å². The second kappa shape index (κ2) is 5.50. The first-order valence-electron chi connectivity index (χ1n) is 6.09. The molecule has 6 nitrogen and oxygen atoms in total. The molecule has 112 valence electrons. The molecule has 1 aliphatic rings. The second-order valence-electron chi connectivity index (χ2n) is 4.99. The topological polar surface area (TPSA) is 102 Å². The number of ether oxygens (including phenoxy) is 1. The summed E-state index contributed by atoms with van der Waals surface area (Å²) in [5.74, 6) is 0. The van der Waals surface area contributed by atoms with E-state index in [9.17, 15) is 13.5 Å². The highest BCUT2D eigenvalue weighted by Crippen LogP contribution is 2.27. The van der Waals surface area contributed by atoms with Crippen molar-refractivity contribution in [2.24, 2.45) is 0 Å². The first kappa shape index (κ1) is 15.5. The molecule has 0 saturated carbocycles. The van der Waals surface area contributed by atoms with Gasteiger partial charge in [0.25, 0.3) is 0 Å². The van der Waals surface area contributed by atoms with Crippen LogP contribution in [0.25, 0.3) is 0 Å². The summed E-state index contributed by atoms with van der Waals surface area (Å²) in [6.45, 7) is 2.12. The maximum absolute atomic E-state index is 12.2. The van der Waals surface area contributed by atoms with E-state index in [2.05, 4.69) is 4.72 Å². The highest BCUT2D eigenvalue weighted by Gasteiger charge is 2.33. The molecule has 1 saturated heterocycles. The number of aliphatic hydroxyl groups is 1. The number of hydrogen-bond donors (Lipinski definition) is 3. The van der Waals surface area contributed by atoms with Crippen molar-refractivity contribution in [1.82, 2.24) is 4.72 Å². The molecular formula is C12H17ClN2O4S. The van der Waals surface area contributed by atoms with Gasteiger partial charge in [-0.3, -0.25) is 0 Å². The van der Waals surface area contributed by atoms with Gasteiger partial charge in [-0.1, -0.05) is 11.6 Å². The lowest BCUT2D eigenvalue weighted by molar-refractivity contribution is 0.0314. The normalized spacial score (nSPS) is 23.1. The van der Waals surface area contributed by atoms with E-state index in [1.54, 1.807) is 6.92 Å². The predicted octanol–water partition coefficient (Wildman–Crippen LogP) is 0.660. The molecule has 8 heteroatoms. The highest BCUT2D eigenvalue weighted by atomic mass is 35.5. The fourth-order valence-corrected chi connectivity index (χ4v) is 3.31. The molecule has 0 spiro atoms. The molecule has 1 aromatic rings. The van der Waals surface area contributed by atoms with Crippen LogP contribution in [-0.2, 0) is 14.8 Å². The third-order valence-electron chi connectivity index (χ3n) is 3.24. The molecule has 0 amide bonds. The van der Waals surface area contributed by atoms with Crippen molar-refractivity contribution in [1.29, 1.82) is 0 Å². The van der Waals surface area contributed by atoms with Crippen LogP contribution in [-0.4, -0.2) is 38.9 Å². The molecule has 2 rings (SSSR count). The number of nitrogens with one attached hydrogen (secondary N) is 1. The number of benzene rings is 1. The largest absolute Gasteiger partial charge is 0.397 e. The second-order valence-corrected chi connectivity index (χ2v) is 7.14. The van der Waals surface area contributed by atoms with Gasteiger partial charge in [0.1, 0.15) is 5.60 Å². The maximum Gasteiger partial charge on any atom is 0.240 e. The summed E-state index contributed by atoms with van der Waals surface area (Å²) in [7, 11) is -3.75. The molecule has 0 radical (unpaired) electrons. The Hall–Kier alpha value is -0.860. The fourth-order valence-electron chi connectivity index (χ4n) is 1.97. The van der Waals surface area contributed by atoms with Crippen molar-refractivity contribution in [2.75, 3.05) is 25.5 Å².